The van der Waals surface area contributed by atoms with Crippen LogP contribution < -0.4 is 14.4 Å². The maximum atomic E-state index is 6.00. The number of hydrogen-bond donors (Lipinski definition) is 0. The minimum Gasteiger partial charge on any atom is -0.484 e. The number of halogens is 1. The third-order valence-electron chi connectivity index (χ3n) is 3.42. The second-order valence-electron chi connectivity index (χ2n) is 4.73. The number of para-hydroxylation sites is 1. The predicted molar refractivity (Wildman–Crippen MR) is 71.9 cm³/mol. The van der Waals surface area contributed by atoms with Crippen molar-refractivity contribution in [2.24, 2.45) is 0 Å². The fourth-order valence-electron chi connectivity index (χ4n) is 2.35. The van der Waals surface area contributed by atoms with Crippen LogP contribution >= 0.6 is 11.6 Å². The van der Waals surface area contributed by atoms with Crippen molar-refractivity contribution >= 4 is 17.3 Å². The SMILES string of the molecule is CN1CCN(c2cccc3c2OC(Cl)CO3)CC1. The van der Waals surface area contributed by atoms with Gasteiger partial charge in [-0.2, -0.15) is 0 Å². The molecular weight excluding hydrogens is 252 g/mol. The molecule has 1 atom stereocenters. The third-order valence-corrected chi connectivity index (χ3v) is 3.63. The van der Waals surface area contributed by atoms with E-state index in [-0.39, 0.29) is 0 Å². The van der Waals surface area contributed by atoms with Crippen molar-refractivity contribution in [2.75, 3.05) is 44.7 Å². The zero-order valence-corrected chi connectivity index (χ0v) is 11.2. The molecule has 1 unspecified atom stereocenters. The number of benzene rings is 1. The Balaban J connectivity index is 1.88. The van der Waals surface area contributed by atoms with Gasteiger partial charge >= 0.3 is 0 Å². The van der Waals surface area contributed by atoms with Gasteiger partial charge in [0.05, 0.1) is 5.69 Å². The van der Waals surface area contributed by atoms with Gasteiger partial charge in [-0.15, -0.1) is 0 Å². The Morgan fingerprint density at radius 2 is 2.00 bits per heavy atom. The topological polar surface area (TPSA) is 24.9 Å². The number of ether oxygens (including phenoxy) is 2. The fourth-order valence-corrected chi connectivity index (χ4v) is 2.50. The van der Waals surface area contributed by atoms with Crippen LogP contribution in [0.3, 0.4) is 0 Å². The molecule has 5 heteroatoms. The predicted octanol–water partition coefficient (Wildman–Crippen LogP) is 1.77. The van der Waals surface area contributed by atoms with Crippen LogP contribution in [0.25, 0.3) is 0 Å². The summed E-state index contributed by atoms with van der Waals surface area (Å²) < 4.78 is 11.3. The molecule has 2 heterocycles. The average molecular weight is 269 g/mol. The summed E-state index contributed by atoms with van der Waals surface area (Å²) in [6.07, 6.45) is 0. The first kappa shape index (κ1) is 11.9. The molecule has 18 heavy (non-hydrogen) atoms. The van der Waals surface area contributed by atoms with E-state index in [1.54, 1.807) is 0 Å². The zero-order chi connectivity index (χ0) is 12.5. The Morgan fingerprint density at radius 3 is 2.78 bits per heavy atom. The molecule has 0 amide bonds. The second kappa shape index (κ2) is 4.86. The average Bonchev–Trinajstić information content (AvgIpc) is 2.39. The highest BCUT2D eigenvalue weighted by Gasteiger charge is 2.25. The van der Waals surface area contributed by atoms with Gasteiger partial charge in [-0.05, 0) is 19.2 Å². The van der Waals surface area contributed by atoms with Crippen LogP contribution in [-0.4, -0.2) is 50.3 Å². The summed E-state index contributed by atoms with van der Waals surface area (Å²) in [4.78, 5) is 4.66. The van der Waals surface area contributed by atoms with Crippen LogP contribution in [-0.2, 0) is 0 Å². The van der Waals surface area contributed by atoms with Crippen LogP contribution in [0.15, 0.2) is 18.2 Å². The van der Waals surface area contributed by atoms with E-state index in [2.05, 4.69) is 22.9 Å². The van der Waals surface area contributed by atoms with E-state index in [1.807, 2.05) is 12.1 Å². The zero-order valence-electron chi connectivity index (χ0n) is 10.4. The lowest BCUT2D eigenvalue weighted by Crippen LogP contribution is -2.44. The monoisotopic (exact) mass is 268 g/mol. The quantitative estimate of drug-likeness (QED) is 0.725. The highest BCUT2D eigenvalue weighted by Crippen LogP contribution is 2.41. The molecule has 1 fully saturated rings. The molecule has 0 aliphatic carbocycles. The number of piperazine rings is 1. The van der Waals surface area contributed by atoms with Gasteiger partial charge in [-0.1, -0.05) is 17.7 Å². The van der Waals surface area contributed by atoms with Crippen molar-refractivity contribution in [3.8, 4) is 11.5 Å². The van der Waals surface area contributed by atoms with E-state index in [0.29, 0.717) is 6.61 Å². The lowest BCUT2D eigenvalue weighted by molar-refractivity contribution is 0.144. The Bertz CT molecular complexity index is 433. The van der Waals surface area contributed by atoms with Crippen LogP contribution in [0.5, 0.6) is 11.5 Å². The first-order valence-electron chi connectivity index (χ1n) is 6.24. The van der Waals surface area contributed by atoms with Gasteiger partial charge in [-0.3, -0.25) is 0 Å². The lowest BCUT2D eigenvalue weighted by atomic mass is 10.2. The molecule has 4 nitrogen and oxygen atoms in total. The van der Waals surface area contributed by atoms with E-state index < -0.39 is 5.56 Å². The first-order valence-corrected chi connectivity index (χ1v) is 6.68. The molecule has 0 bridgehead atoms. The van der Waals surface area contributed by atoms with Crippen molar-refractivity contribution in [1.82, 2.24) is 4.90 Å². The van der Waals surface area contributed by atoms with Crippen LogP contribution in [0.4, 0.5) is 5.69 Å². The van der Waals surface area contributed by atoms with E-state index >= 15 is 0 Å². The molecule has 2 aliphatic rings. The third kappa shape index (κ3) is 2.22. The molecule has 1 aromatic carbocycles. The molecule has 1 saturated heterocycles. The number of rotatable bonds is 1. The van der Waals surface area contributed by atoms with E-state index in [4.69, 9.17) is 21.1 Å². The smallest absolute Gasteiger partial charge is 0.206 e. The Morgan fingerprint density at radius 1 is 1.22 bits per heavy atom. The second-order valence-corrected chi connectivity index (χ2v) is 5.22. The van der Waals surface area contributed by atoms with Crippen LogP contribution in [0, 0.1) is 0 Å². The molecule has 98 valence electrons. The van der Waals surface area contributed by atoms with Gasteiger partial charge in [0.1, 0.15) is 6.61 Å². The molecule has 1 aromatic rings. The highest BCUT2D eigenvalue weighted by molar-refractivity contribution is 6.20. The summed E-state index contributed by atoms with van der Waals surface area (Å²) >= 11 is 6.00. The summed E-state index contributed by atoms with van der Waals surface area (Å²) in [6, 6.07) is 6.00. The molecule has 3 rings (SSSR count). The van der Waals surface area contributed by atoms with E-state index in [0.717, 1.165) is 43.4 Å². The van der Waals surface area contributed by atoms with Gasteiger partial charge in [0.2, 0.25) is 5.56 Å². The standard InChI is InChI=1S/C13H17ClN2O2/c1-15-5-7-16(8-6-15)10-3-2-4-11-13(10)18-12(14)9-17-11/h2-4,12H,5-9H2,1H3. The molecule has 0 spiro atoms. The number of fused-ring (bicyclic) bond motifs is 1. The molecule has 0 N–H and O–H groups in total. The van der Waals surface area contributed by atoms with Crippen molar-refractivity contribution in [1.29, 1.82) is 0 Å². The Hall–Kier alpha value is -1.13. The first-order chi connectivity index (χ1) is 8.74. The number of anilines is 1. The Labute approximate surface area is 112 Å². The molecule has 0 radical (unpaired) electrons. The van der Waals surface area contributed by atoms with Crippen molar-refractivity contribution in [3.63, 3.8) is 0 Å². The summed E-state index contributed by atoms with van der Waals surface area (Å²) in [5, 5.41) is 0. The molecule has 2 aliphatic heterocycles. The van der Waals surface area contributed by atoms with Gasteiger partial charge < -0.3 is 19.3 Å². The fraction of sp³-hybridized carbons (Fsp3) is 0.538. The van der Waals surface area contributed by atoms with Crippen molar-refractivity contribution in [2.45, 2.75) is 5.56 Å². The van der Waals surface area contributed by atoms with Gasteiger partial charge in [-0.25, -0.2) is 0 Å². The summed E-state index contributed by atoms with van der Waals surface area (Å²) in [5.41, 5.74) is 0.692. The largest absolute Gasteiger partial charge is 0.484 e. The van der Waals surface area contributed by atoms with Gasteiger partial charge in [0, 0.05) is 26.2 Å². The van der Waals surface area contributed by atoms with E-state index in [9.17, 15) is 0 Å². The highest BCUT2D eigenvalue weighted by atomic mass is 35.5. The molecule has 0 aromatic heterocycles. The van der Waals surface area contributed by atoms with Crippen molar-refractivity contribution < 1.29 is 9.47 Å². The molecule has 0 saturated carbocycles. The van der Waals surface area contributed by atoms with Crippen molar-refractivity contribution in [3.05, 3.63) is 18.2 Å². The summed E-state index contributed by atoms with van der Waals surface area (Å²) in [5.74, 6) is 1.58. The molecular formula is C13H17ClN2O2. The van der Waals surface area contributed by atoms with E-state index in [1.165, 1.54) is 0 Å². The maximum absolute atomic E-state index is 6.00. The Kier molecular flexibility index (Phi) is 3.22. The number of hydrogen-bond acceptors (Lipinski definition) is 4. The van der Waals surface area contributed by atoms with Gasteiger partial charge in [0.25, 0.3) is 0 Å². The minimum absolute atomic E-state index is 0.397. The lowest BCUT2D eigenvalue weighted by Gasteiger charge is -2.36. The summed E-state index contributed by atoms with van der Waals surface area (Å²) in [6.45, 7) is 4.54. The number of alkyl halides is 1. The minimum atomic E-state index is -0.397. The summed E-state index contributed by atoms with van der Waals surface area (Å²) in [7, 11) is 2.15. The van der Waals surface area contributed by atoms with Crippen LogP contribution in [0.2, 0.25) is 0 Å². The van der Waals surface area contributed by atoms with Gasteiger partial charge in [0.15, 0.2) is 11.5 Å². The number of nitrogens with zero attached hydrogens (tertiary/aromatic N) is 2. The van der Waals surface area contributed by atoms with Crippen LogP contribution in [0.1, 0.15) is 0 Å². The maximum Gasteiger partial charge on any atom is 0.206 e. The normalized spacial score (nSPS) is 24.1. The number of likely N-dealkylation sites (N-methyl/N-ethyl adjacent to an activating group) is 1.